The topological polar surface area (TPSA) is 44.7 Å². The third kappa shape index (κ3) is 3.41. The van der Waals surface area contributed by atoms with Crippen molar-refractivity contribution in [1.82, 2.24) is 10.2 Å². The highest BCUT2D eigenvalue weighted by molar-refractivity contribution is 4.95. The van der Waals surface area contributed by atoms with E-state index in [-0.39, 0.29) is 12.1 Å². The van der Waals surface area contributed by atoms with E-state index in [9.17, 15) is 5.11 Å². The van der Waals surface area contributed by atoms with E-state index in [1.807, 2.05) is 0 Å². The van der Waals surface area contributed by atoms with Crippen molar-refractivity contribution >= 4 is 0 Å². The first-order chi connectivity index (χ1) is 8.04. The lowest BCUT2D eigenvalue weighted by atomic mass is 10.0. The van der Waals surface area contributed by atoms with Crippen LogP contribution in [0.1, 0.15) is 33.1 Å². The summed E-state index contributed by atoms with van der Waals surface area (Å²) in [4.78, 5) is 2.34. The highest BCUT2D eigenvalue weighted by atomic mass is 16.5. The second kappa shape index (κ2) is 5.22. The zero-order chi connectivity index (χ0) is 12.5. The second-order valence-corrected chi connectivity index (χ2v) is 5.98. The zero-order valence-electron chi connectivity index (χ0n) is 11.3. The lowest BCUT2D eigenvalue weighted by Crippen LogP contribution is -2.56. The Bertz CT molecular complexity index is 258. The number of ether oxygens (including phenoxy) is 1. The fraction of sp³-hybridized carbons (Fsp3) is 1.00. The lowest BCUT2D eigenvalue weighted by Gasteiger charge is -2.37. The molecule has 0 amide bonds. The van der Waals surface area contributed by atoms with Crippen LogP contribution >= 0.6 is 0 Å². The van der Waals surface area contributed by atoms with Crippen molar-refractivity contribution in [2.75, 3.05) is 26.8 Å². The summed E-state index contributed by atoms with van der Waals surface area (Å²) >= 11 is 0. The summed E-state index contributed by atoms with van der Waals surface area (Å²) in [6.45, 7) is 6.18. The largest absolute Gasteiger partial charge is 0.394 e. The van der Waals surface area contributed by atoms with Gasteiger partial charge in [-0.15, -0.1) is 0 Å². The Morgan fingerprint density at radius 1 is 1.41 bits per heavy atom. The van der Waals surface area contributed by atoms with Crippen LogP contribution in [0.3, 0.4) is 0 Å². The van der Waals surface area contributed by atoms with Crippen LogP contribution in [0, 0.1) is 0 Å². The van der Waals surface area contributed by atoms with E-state index in [0.717, 1.165) is 19.6 Å². The molecular weight excluding hydrogens is 216 g/mol. The van der Waals surface area contributed by atoms with E-state index >= 15 is 0 Å². The van der Waals surface area contributed by atoms with E-state index in [1.165, 1.54) is 12.8 Å². The highest BCUT2D eigenvalue weighted by Gasteiger charge is 2.36. The predicted molar refractivity (Wildman–Crippen MR) is 68.1 cm³/mol. The van der Waals surface area contributed by atoms with Gasteiger partial charge in [0.25, 0.3) is 0 Å². The quantitative estimate of drug-likeness (QED) is 0.716. The molecule has 0 aromatic carbocycles. The van der Waals surface area contributed by atoms with Crippen molar-refractivity contribution in [2.45, 2.75) is 56.8 Å². The minimum atomic E-state index is -0.182. The Hall–Kier alpha value is -0.160. The van der Waals surface area contributed by atoms with E-state index in [1.54, 1.807) is 0 Å². The second-order valence-electron chi connectivity index (χ2n) is 5.98. The van der Waals surface area contributed by atoms with Crippen LogP contribution in [0.25, 0.3) is 0 Å². The fourth-order valence-electron chi connectivity index (χ4n) is 2.83. The Labute approximate surface area is 104 Å². The smallest absolute Gasteiger partial charge is 0.0702 e. The summed E-state index contributed by atoms with van der Waals surface area (Å²) < 4.78 is 5.60. The number of likely N-dealkylation sites (N-methyl/N-ethyl adjacent to an activating group) is 1. The van der Waals surface area contributed by atoms with Gasteiger partial charge in [-0.1, -0.05) is 0 Å². The third-order valence-corrected chi connectivity index (χ3v) is 3.98. The lowest BCUT2D eigenvalue weighted by molar-refractivity contribution is 0.0611. The average Bonchev–Trinajstić information content (AvgIpc) is 2.97. The van der Waals surface area contributed by atoms with E-state index in [4.69, 9.17) is 4.74 Å². The summed E-state index contributed by atoms with van der Waals surface area (Å²) in [7, 11) is 2.14. The van der Waals surface area contributed by atoms with Crippen molar-refractivity contribution < 1.29 is 9.84 Å². The molecule has 17 heavy (non-hydrogen) atoms. The molecule has 4 nitrogen and oxygen atoms in total. The van der Waals surface area contributed by atoms with Gasteiger partial charge in [0.1, 0.15) is 0 Å². The molecule has 2 aliphatic rings. The summed E-state index contributed by atoms with van der Waals surface area (Å²) in [5.41, 5.74) is -0.182. The summed E-state index contributed by atoms with van der Waals surface area (Å²) in [6.07, 6.45) is 3.91. The van der Waals surface area contributed by atoms with Crippen molar-refractivity contribution in [3.63, 3.8) is 0 Å². The molecule has 2 N–H and O–H groups in total. The summed E-state index contributed by atoms with van der Waals surface area (Å²) in [5, 5.41) is 13.2. The van der Waals surface area contributed by atoms with Gasteiger partial charge in [0, 0.05) is 25.2 Å². The van der Waals surface area contributed by atoms with Crippen molar-refractivity contribution in [2.24, 2.45) is 0 Å². The van der Waals surface area contributed by atoms with Gasteiger partial charge in [-0.2, -0.15) is 0 Å². The molecule has 4 heteroatoms. The molecule has 3 atom stereocenters. The number of nitrogens with one attached hydrogen (secondary N) is 1. The Balaban J connectivity index is 1.87. The predicted octanol–water partition coefficient (Wildman–Crippen LogP) is 0.599. The Morgan fingerprint density at radius 2 is 2.12 bits per heavy atom. The van der Waals surface area contributed by atoms with Crippen molar-refractivity contribution in [1.29, 1.82) is 0 Å². The van der Waals surface area contributed by atoms with Crippen LogP contribution in [0.5, 0.6) is 0 Å². The maximum Gasteiger partial charge on any atom is 0.0702 e. The summed E-state index contributed by atoms with van der Waals surface area (Å²) in [5.74, 6) is 0. The van der Waals surface area contributed by atoms with Gasteiger partial charge in [-0.05, 0) is 40.2 Å². The van der Waals surface area contributed by atoms with Gasteiger partial charge in [0.15, 0.2) is 0 Å². The molecule has 1 aliphatic carbocycles. The van der Waals surface area contributed by atoms with Gasteiger partial charge in [0.2, 0.25) is 0 Å². The first-order valence-corrected chi connectivity index (χ1v) is 6.74. The molecule has 1 aliphatic heterocycles. The number of aliphatic hydroxyl groups excluding tert-OH is 1. The normalized spacial score (nSPS) is 33.0. The molecule has 0 bridgehead atoms. The number of hydrogen-bond donors (Lipinski definition) is 2. The summed E-state index contributed by atoms with van der Waals surface area (Å²) in [6, 6.07) is 1.11. The zero-order valence-corrected chi connectivity index (χ0v) is 11.3. The molecule has 2 fully saturated rings. The maximum absolute atomic E-state index is 9.60. The highest BCUT2D eigenvalue weighted by Crippen LogP contribution is 2.24. The molecule has 3 unspecified atom stereocenters. The van der Waals surface area contributed by atoms with E-state index in [0.29, 0.717) is 18.2 Å². The van der Waals surface area contributed by atoms with Gasteiger partial charge in [-0.25, -0.2) is 0 Å². The molecular formula is C13H26N2O2. The standard InChI is InChI=1S/C13H26N2O2/c1-10-12(6-7-17-10)15(3)8-13(2,9-16)14-11-4-5-11/h10-12,14,16H,4-9H2,1-3H3. The van der Waals surface area contributed by atoms with Crippen LogP contribution in [-0.2, 0) is 4.74 Å². The SMILES string of the molecule is CC1OCCC1N(C)CC(C)(CO)NC1CC1. The molecule has 0 radical (unpaired) electrons. The number of rotatable bonds is 6. The molecule has 1 saturated carbocycles. The number of aliphatic hydroxyl groups is 1. The Morgan fingerprint density at radius 3 is 2.59 bits per heavy atom. The van der Waals surface area contributed by atoms with Crippen LogP contribution < -0.4 is 5.32 Å². The Kier molecular flexibility index (Phi) is 4.08. The fourth-order valence-corrected chi connectivity index (χ4v) is 2.83. The molecule has 1 saturated heterocycles. The van der Waals surface area contributed by atoms with Crippen LogP contribution in [0.2, 0.25) is 0 Å². The monoisotopic (exact) mass is 242 g/mol. The number of nitrogens with zero attached hydrogens (tertiary/aromatic N) is 1. The van der Waals surface area contributed by atoms with E-state index < -0.39 is 0 Å². The molecule has 100 valence electrons. The van der Waals surface area contributed by atoms with Crippen LogP contribution in [0.15, 0.2) is 0 Å². The minimum absolute atomic E-state index is 0.182. The van der Waals surface area contributed by atoms with Gasteiger partial charge >= 0.3 is 0 Å². The first kappa shape index (κ1) is 13.3. The minimum Gasteiger partial charge on any atom is -0.394 e. The van der Waals surface area contributed by atoms with Gasteiger partial charge in [-0.3, -0.25) is 4.90 Å². The molecule has 1 heterocycles. The van der Waals surface area contributed by atoms with Crippen LogP contribution in [-0.4, -0.2) is 60.5 Å². The third-order valence-electron chi connectivity index (χ3n) is 3.98. The van der Waals surface area contributed by atoms with Gasteiger partial charge in [0.05, 0.1) is 18.2 Å². The molecule has 2 rings (SSSR count). The number of hydrogen-bond acceptors (Lipinski definition) is 4. The molecule has 0 spiro atoms. The van der Waals surface area contributed by atoms with Crippen LogP contribution in [0.4, 0.5) is 0 Å². The molecule has 0 aromatic rings. The average molecular weight is 242 g/mol. The maximum atomic E-state index is 9.60. The van der Waals surface area contributed by atoms with E-state index in [2.05, 4.69) is 31.1 Å². The van der Waals surface area contributed by atoms with Crippen molar-refractivity contribution in [3.05, 3.63) is 0 Å². The van der Waals surface area contributed by atoms with Gasteiger partial charge < -0.3 is 15.2 Å². The molecule has 0 aromatic heterocycles. The van der Waals surface area contributed by atoms with Crippen molar-refractivity contribution in [3.8, 4) is 0 Å². The first-order valence-electron chi connectivity index (χ1n) is 6.74.